The molecule has 150 valence electrons. The fourth-order valence-corrected chi connectivity index (χ4v) is 5.07. The third-order valence-electron chi connectivity index (χ3n) is 4.98. The van der Waals surface area contributed by atoms with Crippen LogP contribution in [0.15, 0.2) is 57.2 Å². The average molecular weight is 420 g/mol. The van der Waals surface area contributed by atoms with Gasteiger partial charge in [0.15, 0.2) is 0 Å². The second kappa shape index (κ2) is 7.77. The van der Waals surface area contributed by atoms with Crippen molar-refractivity contribution in [3.8, 4) is 0 Å². The van der Waals surface area contributed by atoms with E-state index < -0.39 is 10.0 Å². The summed E-state index contributed by atoms with van der Waals surface area (Å²) in [6.07, 6.45) is 0. The molecule has 28 heavy (non-hydrogen) atoms. The lowest BCUT2D eigenvalue weighted by atomic mass is 10.2. The zero-order chi connectivity index (χ0) is 20.6. The maximum absolute atomic E-state index is 12.6. The molecule has 0 aliphatic carbocycles. The number of para-hydroxylation sites is 1. The Morgan fingerprint density at radius 3 is 2.36 bits per heavy atom. The normalized spacial score (nSPS) is 14.4. The number of fused-ring (bicyclic) bond motifs is 2. The minimum Gasteiger partial charge on any atom is -0.342 e. The Balaban J connectivity index is 2.09. The first-order valence-electron chi connectivity index (χ1n) is 8.97. The van der Waals surface area contributed by atoms with E-state index in [0.717, 1.165) is 21.2 Å². The minimum atomic E-state index is -3.54. The van der Waals surface area contributed by atoms with Gasteiger partial charge in [-0.2, -0.15) is 0 Å². The Bertz CT molecular complexity index is 1010. The summed E-state index contributed by atoms with van der Waals surface area (Å²) in [5.41, 5.74) is 1.86. The van der Waals surface area contributed by atoms with Gasteiger partial charge in [-0.05, 0) is 37.3 Å². The summed E-state index contributed by atoms with van der Waals surface area (Å²) in [5, 5.41) is 0. The highest BCUT2D eigenvalue weighted by molar-refractivity contribution is 7.99. The number of benzene rings is 2. The summed E-state index contributed by atoms with van der Waals surface area (Å²) in [5.74, 6) is -0.00340. The number of hydrogen-bond donors (Lipinski definition) is 0. The molecular formula is C20H25N3O3S2. The van der Waals surface area contributed by atoms with Crippen molar-refractivity contribution in [2.75, 3.05) is 32.6 Å². The standard InChI is InChI=1S/C20H25N3O3S2/c1-14(22(5)15(2)24)13-23-17-8-6-7-9-19(17)27-20-11-10-16(12-18(20)23)28(25,26)21(3)4/h6-12,14H,13H2,1-5H3. The van der Waals surface area contributed by atoms with Crippen LogP contribution < -0.4 is 4.90 Å². The summed E-state index contributed by atoms with van der Waals surface area (Å²) < 4.78 is 26.5. The van der Waals surface area contributed by atoms with E-state index >= 15 is 0 Å². The summed E-state index contributed by atoms with van der Waals surface area (Å²) >= 11 is 1.63. The van der Waals surface area contributed by atoms with Crippen molar-refractivity contribution in [2.24, 2.45) is 0 Å². The van der Waals surface area contributed by atoms with Crippen molar-refractivity contribution in [3.05, 3.63) is 42.5 Å². The summed E-state index contributed by atoms with van der Waals surface area (Å²) in [6, 6.07) is 13.2. The molecule has 1 atom stereocenters. The molecule has 1 unspecified atom stereocenters. The third-order valence-corrected chi connectivity index (χ3v) is 7.92. The van der Waals surface area contributed by atoms with Crippen molar-refractivity contribution in [3.63, 3.8) is 0 Å². The van der Waals surface area contributed by atoms with E-state index in [2.05, 4.69) is 11.0 Å². The van der Waals surface area contributed by atoms with Crippen molar-refractivity contribution >= 4 is 39.1 Å². The van der Waals surface area contributed by atoms with Gasteiger partial charge >= 0.3 is 0 Å². The highest BCUT2D eigenvalue weighted by Crippen LogP contribution is 2.48. The van der Waals surface area contributed by atoms with Gasteiger partial charge in [0, 0.05) is 50.4 Å². The van der Waals surface area contributed by atoms with Crippen molar-refractivity contribution in [1.82, 2.24) is 9.21 Å². The Labute approximate surface area is 171 Å². The van der Waals surface area contributed by atoms with E-state index in [9.17, 15) is 13.2 Å². The third kappa shape index (κ3) is 3.76. The van der Waals surface area contributed by atoms with Crippen LogP contribution in [-0.2, 0) is 14.8 Å². The van der Waals surface area contributed by atoms with Crippen LogP contribution in [0.2, 0.25) is 0 Å². The number of hydrogen-bond acceptors (Lipinski definition) is 5. The molecule has 2 aromatic rings. The van der Waals surface area contributed by atoms with Crippen LogP contribution in [0.1, 0.15) is 13.8 Å². The molecule has 6 nitrogen and oxygen atoms in total. The molecule has 1 aliphatic heterocycles. The second-order valence-electron chi connectivity index (χ2n) is 7.08. The lowest BCUT2D eigenvalue weighted by Gasteiger charge is -2.37. The average Bonchev–Trinajstić information content (AvgIpc) is 2.66. The van der Waals surface area contributed by atoms with E-state index in [0.29, 0.717) is 6.54 Å². The van der Waals surface area contributed by atoms with Gasteiger partial charge in [0.05, 0.1) is 16.3 Å². The van der Waals surface area contributed by atoms with Crippen LogP contribution in [0.5, 0.6) is 0 Å². The summed E-state index contributed by atoms with van der Waals surface area (Å²) in [7, 11) is 1.30. The monoisotopic (exact) mass is 419 g/mol. The Morgan fingerprint density at radius 2 is 1.71 bits per heavy atom. The number of sulfonamides is 1. The van der Waals surface area contributed by atoms with Gasteiger partial charge in [0.25, 0.3) is 0 Å². The topological polar surface area (TPSA) is 60.9 Å². The van der Waals surface area contributed by atoms with Gasteiger partial charge in [0.1, 0.15) is 0 Å². The molecule has 0 radical (unpaired) electrons. The lowest BCUT2D eigenvalue weighted by molar-refractivity contribution is -0.129. The smallest absolute Gasteiger partial charge is 0.242 e. The molecule has 0 bridgehead atoms. The maximum atomic E-state index is 12.6. The molecule has 0 aromatic heterocycles. The molecule has 0 fully saturated rings. The molecule has 0 saturated heterocycles. The Morgan fingerprint density at radius 1 is 1.07 bits per heavy atom. The van der Waals surface area contributed by atoms with Crippen LogP contribution in [0, 0.1) is 0 Å². The predicted octanol–water partition coefficient (Wildman–Crippen LogP) is 3.41. The molecule has 1 heterocycles. The van der Waals surface area contributed by atoms with E-state index in [4.69, 9.17) is 0 Å². The number of carbonyl (C=O) groups is 1. The predicted molar refractivity (Wildman–Crippen MR) is 113 cm³/mol. The van der Waals surface area contributed by atoms with E-state index in [1.165, 1.54) is 18.4 Å². The zero-order valence-electron chi connectivity index (χ0n) is 16.7. The number of nitrogens with zero attached hydrogens (tertiary/aromatic N) is 3. The zero-order valence-corrected chi connectivity index (χ0v) is 18.3. The molecule has 2 aromatic carbocycles. The molecule has 3 rings (SSSR count). The highest BCUT2D eigenvalue weighted by Gasteiger charge is 2.28. The first-order chi connectivity index (χ1) is 13.1. The Kier molecular flexibility index (Phi) is 5.74. The molecular weight excluding hydrogens is 394 g/mol. The summed E-state index contributed by atoms with van der Waals surface area (Å²) in [4.78, 5) is 18.0. The van der Waals surface area contributed by atoms with Gasteiger partial charge in [-0.1, -0.05) is 23.9 Å². The highest BCUT2D eigenvalue weighted by atomic mass is 32.2. The number of anilines is 2. The van der Waals surface area contributed by atoms with E-state index in [1.807, 2.05) is 31.2 Å². The van der Waals surface area contributed by atoms with Crippen LogP contribution in [0.3, 0.4) is 0 Å². The van der Waals surface area contributed by atoms with Gasteiger partial charge in [-0.25, -0.2) is 12.7 Å². The van der Waals surface area contributed by atoms with Crippen molar-refractivity contribution < 1.29 is 13.2 Å². The second-order valence-corrected chi connectivity index (χ2v) is 10.3. The molecule has 8 heteroatoms. The SMILES string of the molecule is CC(=O)N(C)C(C)CN1c2ccccc2Sc2ccc(S(=O)(=O)N(C)C)cc21. The van der Waals surface area contributed by atoms with Crippen LogP contribution in [0.25, 0.3) is 0 Å². The molecule has 1 aliphatic rings. The number of carbonyl (C=O) groups excluding carboxylic acids is 1. The molecule has 0 N–H and O–H groups in total. The molecule has 1 amide bonds. The fraction of sp³-hybridized carbons (Fsp3) is 0.350. The Hall–Kier alpha value is -2.03. The van der Waals surface area contributed by atoms with Crippen LogP contribution in [-0.4, -0.2) is 57.3 Å². The van der Waals surface area contributed by atoms with Crippen LogP contribution >= 0.6 is 11.8 Å². The maximum Gasteiger partial charge on any atom is 0.242 e. The van der Waals surface area contributed by atoms with Crippen molar-refractivity contribution in [1.29, 1.82) is 0 Å². The first-order valence-corrected chi connectivity index (χ1v) is 11.2. The van der Waals surface area contributed by atoms with E-state index in [-0.39, 0.29) is 16.8 Å². The number of rotatable bonds is 5. The van der Waals surface area contributed by atoms with Crippen molar-refractivity contribution in [2.45, 2.75) is 34.6 Å². The van der Waals surface area contributed by atoms with Gasteiger partial charge in [-0.15, -0.1) is 0 Å². The van der Waals surface area contributed by atoms with Gasteiger partial charge in [0.2, 0.25) is 15.9 Å². The first kappa shape index (κ1) is 20.7. The summed E-state index contributed by atoms with van der Waals surface area (Å²) in [6.45, 7) is 4.10. The fourth-order valence-electron chi connectivity index (χ4n) is 3.07. The quantitative estimate of drug-likeness (QED) is 0.743. The lowest BCUT2D eigenvalue weighted by Crippen LogP contribution is -2.41. The van der Waals surface area contributed by atoms with Gasteiger partial charge < -0.3 is 9.80 Å². The van der Waals surface area contributed by atoms with E-state index in [1.54, 1.807) is 42.8 Å². The number of likely N-dealkylation sites (N-methyl/N-ethyl adjacent to an activating group) is 1. The molecule has 0 saturated carbocycles. The van der Waals surface area contributed by atoms with Gasteiger partial charge in [-0.3, -0.25) is 4.79 Å². The molecule has 0 spiro atoms. The van der Waals surface area contributed by atoms with Crippen LogP contribution in [0.4, 0.5) is 11.4 Å². The largest absolute Gasteiger partial charge is 0.342 e. The minimum absolute atomic E-state index is 0.00340. The number of amides is 1.